The van der Waals surface area contributed by atoms with Crippen LogP contribution in [0.1, 0.15) is 30.2 Å². The van der Waals surface area contributed by atoms with Crippen LogP contribution in [0.2, 0.25) is 0 Å². The van der Waals surface area contributed by atoms with Gasteiger partial charge in [0.05, 0.1) is 6.04 Å². The van der Waals surface area contributed by atoms with Crippen molar-refractivity contribution in [3.8, 4) is 0 Å². The molecule has 1 fully saturated rings. The van der Waals surface area contributed by atoms with Gasteiger partial charge in [0.15, 0.2) is 5.82 Å². The largest absolute Gasteiger partial charge is 0.360 e. The van der Waals surface area contributed by atoms with Crippen LogP contribution in [-0.2, 0) is 9.59 Å². The Hall–Kier alpha value is -3.19. The van der Waals surface area contributed by atoms with Crippen molar-refractivity contribution in [3.63, 3.8) is 0 Å². The second-order valence-electron chi connectivity index (χ2n) is 7.31. The Kier molecular flexibility index (Phi) is 5.57. The maximum atomic E-state index is 12.4. The molecule has 4 rings (SSSR count). The van der Waals surface area contributed by atoms with Crippen LogP contribution in [0.5, 0.6) is 0 Å². The van der Waals surface area contributed by atoms with Crippen LogP contribution in [0, 0.1) is 6.92 Å². The molecule has 7 heteroatoms. The molecule has 0 radical (unpaired) electrons. The van der Waals surface area contributed by atoms with Crippen molar-refractivity contribution in [1.29, 1.82) is 0 Å². The SMILES string of the molecule is Cc1cc(NC(=O)C(=O)NC[C@H](c2cccc3ccccc23)N2CCCC2)no1. The van der Waals surface area contributed by atoms with Crippen molar-refractivity contribution in [2.75, 3.05) is 25.0 Å². The van der Waals surface area contributed by atoms with Crippen molar-refractivity contribution in [3.05, 3.63) is 59.9 Å². The summed E-state index contributed by atoms with van der Waals surface area (Å²) in [6.07, 6.45) is 2.28. The highest BCUT2D eigenvalue weighted by molar-refractivity contribution is 6.39. The minimum atomic E-state index is -0.753. The smallest absolute Gasteiger partial charge is 0.314 e. The van der Waals surface area contributed by atoms with E-state index < -0.39 is 11.8 Å². The number of aryl methyl sites for hydroxylation is 1. The van der Waals surface area contributed by atoms with Crippen molar-refractivity contribution in [2.24, 2.45) is 0 Å². The number of fused-ring (bicyclic) bond motifs is 1. The van der Waals surface area contributed by atoms with Crippen LogP contribution in [0.3, 0.4) is 0 Å². The molecule has 0 bridgehead atoms. The number of carbonyl (C=O) groups excluding carboxylic acids is 2. The number of likely N-dealkylation sites (tertiary alicyclic amines) is 1. The fourth-order valence-corrected chi connectivity index (χ4v) is 3.90. The number of nitrogens with zero attached hydrogens (tertiary/aromatic N) is 2. The fourth-order valence-electron chi connectivity index (χ4n) is 3.90. The predicted molar refractivity (Wildman–Crippen MR) is 110 cm³/mol. The molecule has 1 aromatic heterocycles. The second kappa shape index (κ2) is 8.45. The van der Waals surface area contributed by atoms with E-state index in [-0.39, 0.29) is 11.9 Å². The number of hydrogen-bond donors (Lipinski definition) is 2. The Morgan fingerprint density at radius 3 is 2.62 bits per heavy atom. The Morgan fingerprint density at radius 2 is 1.86 bits per heavy atom. The lowest BCUT2D eigenvalue weighted by Crippen LogP contribution is -2.41. The molecule has 7 nitrogen and oxygen atoms in total. The molecule has 29 heavy (non-hydrogen) atoms. The van der Waals surface area contributed by atoms with Gasteiger partial charge in [-0.1, -0.05) is 47.6 Å². The van der Waals surface area contributed by atoms with Crippen LogP contribution in [0.4, 0.5) is 5.82 Å². The lowest BCUT2D eigenvalue weighted by atomic mass is 9.97. The van der Waals surface area contributed by atoms with Gasteiger partial charge < -0.3 is 9.84 Å². The van der Waals surface area contributed by atoms with Gasteiger partial charge in [-0.25, -0.2) is 0 Å². The summed E-state index contributed by atoms with van der Waals surface area (Å²) in [6.45, 7) is 4.04. The molecule has 2 N–H and O–H groups in total. The van der Waals surface area contributed by atoms with Crippen molar-refractivity contribution >= 4 is 28.4 Å². The third-order valence-corrected chi connectivity index (χ3v) is 5.30. The van der Waals surface area contributed by atoms with Gasteiger partial charge in [0, 0.05) is 12.6 Å². The van der Waals surface area contributed by atoms with Crippen molar-refractivity contribution < 1.29 is 14.1 Å². The van der Waals surface area contributed by atoms with Gasteiger partial charge in [-0.2, -0.15) is 0 Å². The minimum Gasteiger partial charge on any atom is -0.360 e. The van der Waals surface area contributed by atoms with Gasteiger partial charge >= 0.3 is 11.8 Å². The second-order valence-corrected chi connectivity index (χ2v) is 7.31. The number of nitrogens with one attached hydrogen (secondary N) is 2. The van der Waals surface area contributed by atoms with E-state index in [1.807, 2.05) is 18.2 Å². The molecular formula is C22H24N4O3. The number of carbonyl (C=O) groups is 2. The standard InChI is InChI=1S/C22H24N4O3/c1-15-13-20(25-29-15)24-22(28)21(27)23-14-19(26-11-4-5-12-26)18-10-6-8-16-7-2-3-9-17(16)18/h2-3,6-10,13,19H,4-5,11-12,14H2,1H3,(H,23,27)(H,24,25,28)/t19-/m1/s1. The van der Waals surface area contributed by atoms with Crippen molar-refractivity contribution in [1.82, 2.24) is 15.4 Å². The van der Waals surface area contributed by atoms with E-state index in [1.165, 1.54) is 10.8 Å². The summed E-state index contributed by atoms with van der Waals surface area (Å²) in [5.74, 6) is -0.648. The summed E-state index contributed by atoms with van der Waals surface area (Å²) in [5, 5.41) is 11.3. The zero-order valence-corrected chi connectivity index (χ0v) is 16.4. The van der Waals surface area contributed by atoms with E-state index in [9.17, 15) is 9.59 Å². The van der Waals surface area contributed by atoms with Gasteiger partial charge in [0.1, 0.15) is 5.76 Å². The summed E-state index contributed by atoms with van der Waals surface area (Å²) in [4.78, 5) is 26.9. The number of anilines is 1. The normalized spacial score (nSPS) is 15.3. The molecule has 2 amide bonds. The summed E-state index contributed by atoms with van der Waals surface area (Å²) >= 11 is 0. The lowest BCUT2D eigenvalue weighted by molar-refractivity contribution is -0.136. The van der Waals surface area contributed by atoms with E-state index in [2.05, 4.69) is 45.0 Å². The van der Waals surface area contributed by atoms with Crippen molar-refractivity contribution in [2.45, 2.75) is 25.8 Å². The van der Waals surface area contributed by atoms with Gasteiger partial charge in [-0.3, -0.25) is 19.8 Å². The predicted octanol–water partition coefficient (Wildman–Crippen LogP) is 3.03. The molecule has 1 atom stereocenters. The topological polar surface area (TPSA) is 87.5 Å². The third-order valence-electron chi connectivity index (χ3n) is 5.30. The Labute approximate surface area is 169 Å². The molecule has 0 spiro atoms. The summed E-state index contributed by atoms with van der Waals surface area (Å²) in [6, 6.07) is 16.1. The highest BCUT2D eigenvalue weighted by atomic mass is 16.5. The molecule has 0 saturated carbocycles. The Balaban J connectivity index is 1.50. The molecule has 1 aliphatic rings. The first-order valence-electron chi connectivity index (χ1n) is 9.86. The quantitative estimate of drug-likeness (QED) is 0.652. The third kappa shape index (κ3) is 4.30. The number of benzene rings is 2. The van der Waals surface area contributed by atoms with Gasteiger partial charge in [0.25, 0.3) is 0 Å². The zero-order valence-electron chi connectivity index (χ0n) is 16.4. The Bertz CT molecular complexity index is 1020. The van der Waals surface area contributed by atoms with Crippen LogP contribution < -0.4 is 10.6 Å². The summed E-state index contributed by atoms with van der Waals surface area (Å²) < 4.78 is 4.91. The molecule has 2 aromatic carbocycles. The highest BCUT2D eigenvalue weighted by Gasteiger charge is 2.26. The minimum absolute atomic E-state index is 0.00893. The van der Waals surface area contributed by atoms with E-state index in [1.54, 1.807) is 13.0 Å². The number of hydrogen-bond acceptors (Lipinski definition) is 5. The highest BCUT2D eigenvalue weighted by Crippen LogP contribution is 2.30. The average Bonchev–Trinajstić information content (AvgIpc) is 3.40. The van der Waals surface area contributed by atoms with E-state index in [0.717, 1.165) is 31.5 Å². The first kappa shape index (κ1) is 19.1. The molecular weight excluding hydrogens is 368 g/mol. The zero-order chi connectivity index (χ0) is 20.2. The molecule has 0 unspecified atom stereocenters. The van der Waals surface area contributed by atoms with E-state index in [4.69, 9.17) is 4.52 Å². The molecule has 150 valence electrons. The Morgan fingerprint density at radius 1 is 1.10 bits per heavy atom. The summed E-state index contributed by atoms with van der Waals surface area (Å²) in [5.41, 5.74) is 1.16. The fraction of sp³-hybridized carbons (Fsp3) is 0.318. The molecule has 2 heterocycles. The number of aromatic nitrogens is 1. The monoisotopic (exact) mass is 392 g/mol. The maximum Gasteiger partial charge on any atom is 0.314 e. The maximum absolute atomic E-state index is 12.4. The first-order chi connectivity index (χ1) is 14.1. The van der Waals surface area contributed by atoms with Crippen LogP contribution >= 0.6 is 0 Å². The van der Waals surface area contributed by atoms with Gasteiger partial charge in [-0.15, -0.1) is 0 Å². The van der Waals surface area contributed by atoms with Gasteiger partial charge in [-0.05, 0) is 49.2 Å². The summed E-state index contributed by atoms with van der Waals surface area (Å²) in [7, 11) is 0. The van der Waals surface area contributed by atoms with Crippen LogP contribution in [0.15, 0.2) is 53.1 Å². The van der Waals surface area contributed by atoms with E-state index >= 15 is 0 Å². The molecule has 1 aliphatic heterocycles. The number of amides is 2. The first-order valence-corrected chi connectivity index (χ1v) is 9.86. The average molecular weight is 392 g/mol. The van der Waals surface area contributed by atoms with E-state index in [0.29, 0.717) is 12.3 Å². The molecule has 3 aromatic rings. The molecule has 1 saturated heterocycles. The van der Waals surface area contributed by atoms with Gasteiger partial charge in [0.2, 0.25) is 0 Å². The van der Waals surface area contributed by atoms with Crippen LogP contribution in [-0.4, -0.2) is 41.5 Å². The van der Waals surface area contributed by atoms with Crippen LogP contribution in [0.25, 0.3) is 10.8 Å². The lowest BCUT2D eigenvalue weighted by Gasteiger charge is -2.29. The number of rotatable bonds is 5. The molecule has 0 aliphatic carbocycles.